The third kappa shape index (κ3) is 4.55. The highest BCUT2D eigenvalue weighted by atomic mass is 32.1. The van der Waals surface area contributed by atoms with Crippen molar-refractivity contribution in [1.29, 1.82) is 0 Å². The number of rotatable bonds is 10. The van der Waals surface area contributed by atoms with Gasteiger partial charge in [-0.05, 0) is 30.5 Å². The molecule has 1 aromatic carbocycles. The van der Waals surface area contributed by atoms with Gasteiger partial charge in [-0.25, -0.2) is 4.98 Å². The molecule has 0 spiro atoms. The van der Waals surface area contributed by atoms with Crippen LogP contribution in [0, 0.1) is 0 Å². The minimum absolute atomic E-state index is 0.000777. The van der Waals surface area contributed by atoms with Gasteiger partial charge >= 0.3 is 5.97 Å². The second kappa shape index (κ2) is 9.86. The highest BCUT2D eigenvalue weighted by Crippen LogP contribution is 2.38. The monoisotopic (exact) mass is 430 g/mol. The fraction of sp³-hybridized carbons (Fsp3) is 0.409. The fourth-order valence-electron chi connectivity index (χ4n) is 3.51. The van der Waals surface area contributed by atoms with Crippen LogP contribution >= 0.6 is 11.3 Å². The van der Waals surface area contributed by atoms with E-state index in [9.17, 15) is 9.59 Å². The number of ether oxygens (including phenoxy) is 2. The van der Waals surface area contributed by atoms with E-state index in [0.29, 0.717) is 42.0 Å². The van der Waals surface area contributed by atoms with Crippen molar-refractivity contribution in [2.24, 2.45) is 0 Å². The summed E-state index contributed by atoms with van der Waals surface area (Å²) in [6.07, 6.45) is 1.63. The summed E-state index contributed by atoms with van der Waals surface area (Å²) in [6.45, 7) is 2.80. The molecule has 30 heavy (non-hydrogen) atoms. The standard InChI is InChI=1S/C22H26N2O5S/c1-4-16-19(14-7-5-8-15(13-14)29-3)20-21(30-16)23-17(10-12-28-2)24(22(20)27)11-6-9-18(25)26/h5,7-8,13H,4,6,9-12H2,1-3H3,(H,25,26). The molecule has 0 bridgehead atoms. The summed E-state index contributed by atoms with van der Waals surface area (Å²) in [4.78, 5) is 31.1. The number of methoxy groups -OCH3 is 2. The summed E-state index contributed by atoms with van der Waals surface area (Å²) in [5.74, 6) is 0.470. The number of carbonyl (C=O) groups is 1. The number of aryl methyl sites for hydroxylation is 1. The number of nitrogens with zero attached hydrogens (tertiary/aromatic N) is 2. The molecule has 0 fully saturated rings. The summed E-state index contributed by atoms with van der Waals surface area (Å²) in [5, 5.41) is 9.57. The Morgan fingerprint density at radius 3 is 2.77 bits per heavy atom. The van der Waals surface area contributed by atoms with Crippen LogP contribution in [0.1, 0.15) is 30.5 Å². The van der Waals surface area contributed by atoms with Crippen LogP contribution in [0.15, 0.2) is 29.1 Å². The average molecular weight is 431 g/mol. The second-order valence-electron chi connectivity index (χ2n) is 6.89. The molecule has 0 atom stereocenters. The van der Waals surface area contributed by atoms with Gasteiger partial charge in [0.2, 0.25) is 0 Å². The van der Waals surface area contributed by atoms with Crippen LogP contribution < -0.4 is 10.3 Å². The molecule has 3 aromatic rings. The largest absolute Gasteiger partial charge is 0.497 e. The zero-order chi connectivity index (χ0) is 21.7. The molecule has 0 saturated carbocycles. The van der Waals surface area contributed by atoms with E-state index in [-0.39, 0.29) is 12.0 Å². The van der Waals surface area contributed by atoms with Crippen LogP contribution in [0.3, 0.4) is 0 Å². The van der Waals surface area contributed by atoms with Crippen LogP contribution in [0.5, 0.6) is 5.75 Å². The Hall–Kier alpha value is -2.71. The number of aromatic nitrogens is 2. The molecular formula is C22H26N2O5S. The lowest BCUT2D eigenvalue weighted by Crippen LogP contribution is -2.26. The Morgan fingerprint density at radius 1 is 1.30 bits per heavy atom. The Labute approximate surface area is 178 Å². The Kier molecular flexibility index (Phi) is 7.23. The number of aliphatic carboxylic acids is 1. The first-order chi connectivity index (χ1) is 14.5. The second-order valence-corrected chi connectivity index (χ2v) is 7.97. The lowest BCUT2D eigenvalue weighted by Gasteiger charge is -2.13. The smallest absolute Gasteiger partial charge is 0.303 e. The summed E-state index contributed by atoms with van der Waals surface area (Å²) in [6, 6.07) is 7.67. The molecule has 0 amide bonds. The van der Waals surface area contributed by atoms with Crippen molar-refractivity contribution in [2.75, 3.05) is 20.8 Å². The van der Waals surface area contributed by atoms with E-state index in [4.69, 9.17) is 19.6 Å². The molecule has 2 aromatic heterocycles. The molecule has 0 unspecified atom stereocenters. The highest BCUT2D eigenvalue weighted by molar-refractivity contribution is 7.19. The van der Waals surface area contributed by atoms with Crippen LogP contribution in [0.25, 0.3) is 21.3 Å². The molecule has 0 radical (unpaired) electrons. The molecule has 7 nitrogen and oxygen atoms in total. The molecular weight excluding hydrogens is 404 g/mol. The van der Waals surface area contributed by atoms with Gasteiger partial charge < -0.3 is 14.6 Å². The lowest BCUT2D eigenvalue weighted by atomic mass is 10.0. The average Bonchev–Trinajstić information content (AvgIpc) is 3.12. The van der Waals surface area contributed by atoms with E-state index in [0.717, 1.165) is 28.2 Å². The van der Waals surface area contributed by atoms with Crippen molar-refractivity contribution in [3.63, 3.8) is 0 Å². The van der Waals surface area contributed by atoms with Gasteiger partial charge in [-0.3, -0.25) is 14.2 Å². The maximum Gasteiger partial charge on any atom is 0.303 e. The van der Waals surface area contributed by atoms with Crippen LogP contribution in [0.4, 0.5) is 0 Å². The Morgan fingerprint density at radius 2 is 2.10 bits per heavy atom. The first-order valence-corrected chi connectivity index (χ1v) is 10.7. The maximum absolute atomic E-state index is 13.6. The minimum atomic E-state index is -0.878. The topological polar surface area (TPSA) is 90.7 Å². The minimum Gasteiger partial charge on any atom is -0.497 e. The van der Waals surface area contributed by atoms with E-state index < -0.39 is 5.97 Å². The summed E-state index contributed by atoms with van der Waals surface area (Å²) < 4.78 is 12.2. The summed E-state index contributed by atoms with van der Waals surface area (Å²) in [5.41, 5.74) is 1.67. The first kappa shape index (κ1) is 22.0. The van der Waals surface area contributed by atoms with Crippen molar-refractivity contribution in [3.05, 3.63) is 45.3 Å². The highest BCUT2D eigenvalue weighted by Gasteiger charge is 2.21. The molecule has 2 heterocycles. The van der Waals surface area contributed by atoms with Gasteiger partial charge in [0.25, 0.3) is 5.56 Å². The van der Waals surface area contributed by atoms with Crippen LogP contribution in [-0.2, 0) is 28.9 Å². The van der Waals surface area contributed by atoms with E-state index in [1.165, 1.54) is 11.3 Å². The molecule has 3 rings (SSSR count). The Bertz CT molecular complexity index is 1100. The van der Waals surface area contributed by atoms with Gasteiger partial charge in [-0.15, -0.1) is 11.3 Å². The molecule has 0 aliphatic rings. The third-order valence-electron chi connectivity index (χ3n) is 4.95. The van der Waals surface area contributed by atoms with Crippen molar-refractivity contribution in [1.82, 2.24) is 9.55 Å². The quantitative estimate of drug-likeness (QED) is 0.527. The van der Waals surface area contributed by atoms with Crippen LogP contribution in [0.2, 0.25) is 0 Å². The van der Waals surface area contributed by atoms with Crippen molar-refractivity contribution in [2.45, 2.75) is 39.2 Å². The van der Waals surface area contributed by atoms with Gasteiger partial charge in [0, 0.05) is 36.9 Å². The zero-order valence-electron chi connectivity index (χ0n) is 17.4. The Balaban J connectivity index is 2.21. The number of carboxylic acid groups (broad SMARTS) is 1. The summed E-state index contributed by atoms with van der Waals surface area (Å²) >= 11 is 1.53. The molecule has 8 heteroatoms. The number of hydrogen-bond acceptors (Lipinski definition) is 6. The van der Waals surface area contributed by atoms with E-state index in [1.54, 1.807) is 18.8 Å². The van der Waals surface area contributed by atoms with Gasteiger partial charge in [-0.1, -0.05) is 19.1 Å². The van der Waals surface area contributed by atoms with Gasteiger partial charge in [0.1, 0.15) is 16.4 Å². The first-order valence-electron chi connectivity index (χ1n) is 9.90. The number of hydrogen-bond donors (Lipinski definition) is 1. The normalized spacial score (nSPS) is 11.2. The fourth-order valence-corrected chi connectivity index (χ4v) is 4.65. The molecule has 0 saturated heterocycles. The molecule has 0 aliphatic heterocycles. The molecule has 1 N–H and O–H groups in total. The molecule has 160 valence electrons. The van der Waals surface area contributed by atoms with Crippen molar-refractivity contribution >= 4 is 27.5 Å². The number of fused-ring (bicyclic) bond motifs is 1. The molecule has 0 aliphatic carbocycles. The number of carboxylic acids is 1. The van der Waals surface area contributed by atoms with E-state index in [2.05, 4.69) is 6.92 Å². The van der Waals surface area contributed by atoms with Gasteiger partial charge in [0.05, 0.1) is 19.1 Å². The lowest BCUT2D eigenvalue weighted by molar-refractivity contribution is -0.137. The van der Waals surface area contributed by atoms with E-state index in [1.807, 2.05) is 24.3 Å². The predicted molar refractivity (Wildman–Crippen MR) is 118 cm³/mol. The van der Waals surface area contributed by atoms with E-state index >= 15 is 0 Å². The van der Waals surface area contributed by atoms with Crippen LogP contribution in [-0.4, -0.2) is 41.5 Å². The van der Waals surface area contributed by atoms with Gasteiger partial charge in [-0.2, -0.15) is 0 Å². The zero-order valence-corrected chi connectivity index (χ0v) is 18.3. The van der Waals surface area contributed by atoms with Crippen molar-refractivity contribution < 1.29 is 19.4 Å². The van der Waals surface area contributed by atoms with Gasteiger partial charge in [0.15, 0.2) is 0 Å². The SMILES string of the molecule is CCc1sc2nc(CCOC)n(CCCC(=O)O)c(=O)c2c1-c1cccc(OC)c1. The number of thiophene rings is 1. The van der Waals surface area contributed by atoms with Crippen molar-refractivity contribution in [3.8, 4) is 16.9 Å². The maximum atomic E-state index is 13.6. The summed E-state index contributed by atoms with van der Waals surface area (Å²) in [7, 11) is 3.22. The third-order valence-corrected chi connectivity index (χ3v) is 6.17. The number of benzene rings is 1. The predicted octanol–water partition coefficient (Wildman–Crippen LogP) is 3.75.